The summed E-state index contributed by atoms with van der Waals surface area (Å²) in [5, 5.41) is 5.46. The van der Waals surface area contributed by atoms with Gasteiger partial charge in [0, 0.05) is 40.5 Å². The highest BCUT2D eigenvalue weighted by Gasteiger charge is 2.29. The maximum atomic E-state index is 13.9. The fraction of sp³-hybridized carbons (Fsp3) is 0.382. The molecule has 1 aliphatic heterocycles. The quantitative estimate of drug-likeness (QED) is 0.143. The lowest BCUT2D eigenvalue weighted by Gasteiger charge is -2.30. The number of piperidine rings is 1. The fourth-order valence-corrected chi connectivity index (χ4v) is 7.52. The lowest BCUT2D eigenvalue weighted by Crippen LogP contribution is -2.38. The van der Waals surface area contributed by atoms with E-state index in [4.69, 9.17) is 4.98 Å². The Hall–Kier alpha value is -2.85. The molecule has 0 radical (unpaired) electrons. The number of benzene rings is 3. The predicted octanol–water partition coefficient (Wildman–Crippen LogP) is 8.27. The lowest BCUT2D eigenvalue weighted by molar-refractivity contribution is 0.0693. The first-order valence-corrected chi connectivity index (χ1v) is 17.5. The first kappa shape index (κ1) is 31.6. The molecule has 1 fully saturated rings. The summed E-state index contributed by atoms with van der Waals surface area (Å²) in [5.74, 6) is 1.25. The van der Waals surface area contributed by atoms with Gasteiger partial charge in [0.15, 0.2) is 5.01 Å². The number of thioether (sulfide) groups is 1. The van der Waals surface area contributed by atoms with Crippen molar-refractivity contribution >= 4 is 57.6 Å². The van der Waals surface area contributed by atoms with Crippen LogP contribution in [0.25, 0.3) is 21.2 Å². The summed E-state index contributed by atoms with van der Waals surface area (Å²) in [6.45, 7) is 12.6. The van der Waals surface area contributed by atoms with Gasteiger partial charge in [0.05, 0.1) is 4.88 Å². The third-order valence-electron chi connectivity index (χ3n) is 7.38. The Bertz CT molecular complexity index is 1590. The van der Waals surface area contributed by atoms with E-state index in [2.05, 4.69) is 81.1 Å². The van der Waals surface area contributed by atoms with Crippen molar-refractivity contribution < 1.29 is 9.59 Å². The number of carbonyl (C=O) groups excluding carboxylic acids is 2. The van der Waals surface area contributed by atoms with Crippen molar-refractivity contribution in [1.29, 1.82) is 0 Å². The molecule has 6 nitrogen and oxygen atoms in total. The van der Waals surface area contributed by atoms with Gasteiger partial charge in [-0.15, -0.1) is 23.1 Å². The molecule has 43 heavy (non-hydrogen) atoms. The van der Waals surface area contributed by atoms with E-state index < -0.39 is 0 Å². The number of thiazole rings is 1. The summed E-state index contributed by atoms with van der Waals surface area (Å²) in [6, 6.07) is 20.6. The summed E-state index contributed by atoms with van der Waals surface area (Å²) in [7, 11) is 0. The molecule has 9 heteroatoms. The zero-order valence-electron chi connectivity index (χ0n) is 25.5. The SMILES string of the molecule is CCSc1ccc(CNC(=O)c2nc(C(=O)N3CCC(C)CC3)c(-c3ccc(SNC(C)(C)C)c4ccccc34)s2)cc1. The smallest absolute Gasteiger partial charge is 0.280 e. The van der Waals surface area contributed by atoms with Crippen LogP contribution in [-0.2, 0) is 6.54 Å². The van der Waals surface area contributed by atoms with Gasteiger partial charge in [-0.3, -0.25) is 14.3 Å². The number of hydrogen-bond donors (Lipinski definition) is 2. The van der Waals surface area contributed by atoms with E-state index in [0.29, 0.717) is 36.3 Å². The largest absolute Gasteiger partial charge is 0.346 e. The van der Waals surface area contributed by atoms with Crippen molar-refractivity contribution in [2.75, 3.05) is 18.8 Å². The number of amides is 2. The normalized spacial score (nSPS) is 14.3. The maximum absolute atomic E-state index is 13.9. The van der Waals surface area contributed by atoms with E-state index >= 15 is 0 Å². The highest BCUT2D eigenvalue weighted by Crippen LogP contribution is 2.39. The Labute approximate surface area is 267 Å². The number of aromatic nitrogens is 1. The summed E-state index contributed by atoms with van der Waals surface area (Å²) in [4.78, 5) is 37.0. The molecule has 4 aromatic rings. The minimum Gasteiger partial charge on any atom is -0.346 e. The predicted molar refractivity (Wildman–Crippen MR) is 182 cm³/mol. The Morgan fingerprint density at radius 3 is 2.37 bits per heavy atom. The monoisotopic (exact) mass is 632 g/mol. The fourth-order valence-electron chi connectivity index (χ4n) is 5.00. The molecule has 2 N–H and O–H groups in total. The molecule has 0 aliphatic carbocycles. The molecule has 1 saturated heterocycles. The molecule has 0 saturated carbocycles. The number of likely N-dealkylation sites (tertiary alicyclic amines) is 1. The van der Waals surface area contributed by atoms with E-state index in [1.807, 2.05) is 29.2 Å². The van der Waals surface area contributed by atoms with Crippen molar-refractivity contribution in [3.05, 3.63) is 76.9 Å². The van der Waals surface area contributed by atoms with Gasteiger partial charge in [-0.2, -0.15) is 0 Å². The highest BCUT2D eigenvalue weighted by atomic mass is 32.2. The Balaban J connectivity index is 1.48. The van der Waals surface area contributed by atoms with Crippen molar-refractivity contribution in [2.45, 2.75) is 69.3 Å². The van der Waals surface area contributed by atoms with Crippen LogP contribution in [0.4, 0.5) is 0 Å². The van der Waals surface area contributed by atoms with Gasteiger partial charge in [-0.25, -0.2) is 4.98 Å². The summed E-state index contributed by atoms with van der Waals surface area (Å²) >= 11 is 4.70. The summed E-state index contributed by atoms with van der Waals surface area (Å²) in [6.07, 6.45) is 1.95. The zero-order chi connectivity index (χ0) is 30.6. The van der Waals surface area contributed by atoms with Gasteiger partial charge in [0.2, 0.25) is 0 Å². The lowest BCUT2D eigenvalue weighted by atomic mass is 9.98. The van der Waals surface area contributed by atoms with Crippen LogP contribution >= 0.6 is 35.0 Å². The molecular formula is C34H40N4O2S3. The standard InChI is InChI=1S/C34H40N4O2S3/c1-6-41-24-13-11-23(12-14-24)21-35-31(39)32-36-29(33(40)38-19-17-22(2)18-20-38)30(42-32)27-15-16-28(43-37-34(3,4)5)26-10-8-7-9-25(26)27/h7-16,22,37H,6,17-21H2,1-5H3,(H,35,39). The van der Waals surface area contributed by atoms with Gasteiger partial charge in [-0.1, -0.05) is 56.3 Å². The van der Waals surface area contributed by atoms with E-state index in [1.165, 1.54) is 16.2 Å². The molecule has 226 valence electrons. The third kappa shape index (κ3) is 7.81. The van der Waals surface area contributed by atoms with Crippen LogP contribution < -0.4 is 10.0 Å². The van der Waals surface area contributed by atoms with Crippen LogP contribution in [0.5, 0.6) is 0 Å². The van der Waals surface area contributed by atoms with Crippen LogP contribution in [0, 0.1) is 5.92 Å². The minimum atomic E-state index is -0.268. The number of fused-ring (bicyclic) bond motifs is 1. The van der Waals surface area contributed by atoms with Gasteiger partial charge in [0.25, 0.3) is 11.8 Å². The number of hydrogen-bond acceptors (Lipinski definition) is 7. The second-order valence-corrected chi connectivity index (χ2v) is 15.2. The topological polar surface area (TPSA) is 74.3 Å². The molecule has 2 heterocycles. The van der Waals surface area contributed by atoms with Crippen LogP contribution in [0.1, 0.15) is 73.3 Å². The van der Waals surface area contributed by atoms with Gasteiger partial charge < -0.3 is 10.2 Å². The third-order valence-corrected chi connectivity index (χ3v) is 10.7. The maximum Gasteiger partial charge on any atom is 0.280 e. The van der Waals surface area contributed by atoms with Gasteiger partial charge in [-0.05, 0) is 91.8 Å². The number of rotatable bonds is 9. The Morgan fingerprint density at radius 2 is 1.70 bits per heavy atom. The van der Waals surface area contributed by atoms with Crippen LogP contribution in [-0.4, -0.2) is 46.1 Å². The molecule has 0 spiro atoms. The molecule has 1 aromatic heterocycles. The van der Waals surface area contributed by atoms with E-state index in [1.54, 1.807) is 23.7 Å². The molecule has 5 rings (SSSR count). The molecular weight excluding hydrogens is 593 g/mol. The molecule has 0 bridgehead atoms. The average Bonchev–Trinajstić information content (AvgIpc) is 3.44. The molecule has 1 aliphatic rings. The first-order chi connectivity index (χ1) is 20.6. The van der Waals surface area contributed by atoms with Crippen molar-refractivity contribution in [1.82, 2.24) is 19.9 Å². The number of nitrogens with one attached hydrogen (secondary N) is 2. The van der Waals surface area contributed by atoms with Crippen molar-refractivity contribution in [2.24, 2.45) is 5.92 Å². The molecule has 0 unspecified atom stereocenters. The average molecular weight is 633 g/mol. The summed E-state index contributed by atoms with van der Waals surface area (Å²) < 4.78 is 3.51. The highest BCUT2D eigenvalue weighted by molar-refractivity contribution is 7.99. The van der Waals surface area contributed by atoms with Crippen molar-refractivity contribution in [3.63, 3.8) is 0 Å². The Kier molecular flexibility index (Phi) is 10.2. The van der Waals surface area contributed by atoms with E-state index in [-0.39, 0.29) is 17.4 Å². The van der Waals surface area contributed by atoms with Crippen molar-refractivity contribution in [3.8, 4) is 10.4 Å². The first-order valence-electron chi connectivity index (χ1n) is 14.9. The molecule has 2 amide bonds. The number of nitrogens with zero attached hydrogens (tertiary/aromatic N) is 2. The van der Waals surface area contributed by atoms with Crippen LogP contribution in [0.15, 0.2) is 70.5 Å². The van der Waals surface area contributed by atoms with E-state index in [9.17, 15) is 9.59 Å². The summed E-state index contributed by atoms with van der Waals surface area (Å²) in [5.41, 5.74) is 2.26. The second kappa shape index (κ2) is 13.8. The van der Waals surface area contributed by atoms with Crippen LogP contribution in [0.3, 0.4) is 0 Å². The van der Waals surface area contributed by atoms with E-state index in [0.717, 1.165) is 50.3 Å². The molecule has 3 aromatic carbocycles. The number of carbonyl (C=O) groups is 2. The van der Waals surface area contributed by atoms with Gasteiger partial charge in [0.1, 0.15) is 5.69 Å². The second-order valence-electron chi connectivity index (χ2n) is 12.0. The minimum absolute atomic E-state index is 0.0492. The molecule has 0 atom stereocenters. The zero-order valence-corrected chi connectivity index (χ0v) is 28.0. The van der Waals surface area contributed by atoms with Gasteiger partial charge >= 0.3 is 0 Å². The Morgan fingerprint density at radius 1 is 1.00 bits per heavy atom. The van der Waals surface area contributed by atoms with Crippen LogP contribution in [0.2, 0.25) is 0 Å².